The van der Waals surface area contributed by atoms with E-state index in [1.54, 1.807) is 9.58 Å². The van der Waals surface area contributed by atoms with Gasteiger partial charge in [-0.05, 0) is 48.5 Å². The van der Waals surface area contributed by atoms with Gasteiger partial charge in [0.05, 0.1) is 22.6 Å². The number of hydrogen-bond acceptors (Lipinski definition) is 8. The number of nitrogens with zero attached hydrogens (tertiary/aromatic N) is 6. The Kier molecular flexibility index (Phi) is 6.24. The zero-order valence-electron chi connectivity index (χ0n) is 16.6. The minimum absolute atomic E-state index is 0.0470. The van der Waals surface area contributed by atoms with Crippen LogP contribution in [0.3, 0.4) is 0 Å². The maximum absolute atomic E-state index is 12.9. The van der Waals surface area contributed by atoms with Crippen LogP contribution in [-0.2, 0) is 4.79 Å². The number of para-hydroxylation sites is 3. The van der Waals surface area contributed by atoms with E-state index in [2.05, 4.69) is 20.5 Å². The van der Waals surface area contributed by atoms with Gasteiger partial charge in [-0.15, -0.1) is 5.10 Å². The van der Waals surface area contributed by atoms with E-state index in [1.807, 2.05) is 62.4 Å². The third kappa shape index (κ3) is 4.14. The Labute approximate surface area is 181 Å². The zero-order chi connectivity index (χ0) is 20.9. The molecule has 2 aromatic carbocycles. The third-order valence-electron chi connectivity index (χ3n) is 4.29. The lowest BCUT2D eigenvalue weighted by molar-refractivity contribution is -0.116. The topological polar surface area (TPSA) is 86.0 Å². The zero-order valence-corrected chi connectivity index (χ0v) is 18.2. The van der Waals surface area contributed by atoms with Crippen LogP contribution in [0.4, 0.5) is 5.13 Å². The highest BCUT2D eigenvalue weighted by Gasteiger charge is 2.20. The summed E-state index contributed by atoms with van der Waals surface area (Å²) in [5.41, 5.74) is 1.63. The maximum atomic E-state index is 12.9. The number of thiazole rings is 1. The number of benzene rings is 2. The number of ether oxygens (including phenoxy) is 1. The van der Waals surface area contributed by atoms with Crippen LogP contribution in [0.15, 0.2) is 53.7 Å². The van der Waals surface area contributed by atoms with Crippen molar-refractivity contribution < 1.29 is 9.53 Å². The van der Waals surface area contributed by atoms with Gasteiger partial charge >= 0.3 is 0 Å². The highest BCUT2D eigenvalue weighted by Crippen LogP contribution is 2.30. The van der Waals surface area contributed by atoms with Crippen LogP contribution >= 0.6 is 23.1 Å². The average Bonchev–Trinajstić information content (AvgIpc) is 3.40. The van der Waals surface area contributed by atoms with E-state index >= 15 is 0 Å². The molecule has 0 aliphatic rings. The van der Waals surface area contributed by atoms with E-state index in [1.165, 1.54) is 23.1 Å². The number of rotatable bonds is 8. The smallest absolute Gasteiger partial charge is 0.239 e. The van der Waals surface area contributed by atoms with E-state index in [9.17, 15) is 4.79 Å². The minimum atomic E-state index is -0.0470. The van der Waals surface area contributed by atoms with Gasteiger partial charge in [-0.3, -0.25) is 9.69 Å². The van der Waals surface area contributed by atoms with Crippen molar-refractivity contribution in [2.75, 3.05) is 23.8 Å². The van der Waals surface area contributed by atoms with Gasteiger partial charge < -0.3 is 4.74 Å². The first-order valence-electron chi connectivity index (χ1n) is 9.50. The van der Waals surface area contributed by atoms with Crippen molar-refractivity contribution in [2.24, 2.45) is 0 Å². The van der Waals surface area contributed by atoms with E-state index < -0.39 is 0 Å². The number of aromatic nitrogens is 5. The maximum Gasteiger partial charge on any atom is 0.239 e. The lowest BCUT2D eigenvalue weighted by Gasteiger charge is -2.17. The van der Waals surface area contributed by atoms with E-state index in [-0.39, 0.29) is 11.7 Å². The van der Waals surface area contributed by atoms with Gasteiger partial charge in [0.25, 0.3) is 0 Å². The molecule has 154 valence electrons. The lowest BCUT2D eigenvalue weighted by atomic mass is 10.3. The standard InChI is InChI=1S/C20H20N6O2S2/c1-3-25(19-21-14-9-5-8-12-17(14)30-19)18(27)13-29-20-22-23-24-26(20)15-10-6-7-11-16(15)28-4-2/h5-12H,3-4,13H2,1-2H3. The minimum Gasteiger partial charge on any atom is -0.492 e. The predicted molar refractivity (Wildman–Crippen MR) is 119 cm³/mol. The van der Waals surface area contributed by atoms with Crippen LogP contribution in [0, 0.1) is 0 Å². The SMILES string of the molecule is CCOc1ccccc1-n1nnnc1SCC(=O)N(CC)c1nc2ccccc2s1. The van der Waals surface area contributed by atoms with Crippen LogP contribution in [0.1, 0.15) is 13.8 Å². The summed E-state index contributed by atoms with van der Waals surface area (Å²) >= 11 is 2.80. The highest BCUT2D eigenvalue weighted by molar-refractivity contribution is 7.99. The second kappa shape index (κ2) is 9.23. The second-order valence-corrected chi connectivity index (χ2v) is 8.12. The molecule has 0 spiro atoms. The number of thioether (sulfide) groups is 1. The highest BCUT2D eigenvalue weighted by atomic mass is 32.2. The molecule has 0 saturated heterocycles. The van der Waals surface area contributed by atoms with Crippen LogP contribution in [0.5, 0.6) is 5.75 Å². The van der Waals surface area contributed by atoms with Crippen molar-refractivity contribution in [3.8, 4) is 11.4 Å². The summed E-state index contributed by atoms with van der Waals surface area (Å²) in [5, 5.41) is 13.2. The van der Waals surface area contributed by atoms with Crippen molar-refractivity contribution in [3.05, 3.63) is 48.5 Å². The first-order valence-corrected chi connectivity index (χ1v) is 11.3. The summed E-state index contributed by atoms with van der Waals surface area (Å²) in [4.78, 5) is 19.2. The molecule has 0 aliphatic carbocycles. The molecule has 0 fully saturated rings. The van der Waals surface area contributed by atoms with Crippen LogP contribution in [0.2, 0.25) is 0 Å². The number of carbonyl (C=O) groups is 1. The summed E-state index contributed by atoms with van der Waals surface area (Å²) in [6.45, 7) is 4.94. The van der Waals surface area contributed by atoms with Crippen LogP contribution < -0.4 is 9.64 Å². The van der Waals surface area contributed by atoms with E-state index in [0.717, 1.165) is 15.9 Å². The molecular formula is C20H20N6O2S2. The number of fused-ring (bicyclic) bond motifs is 1. The molecule has 0 saturated carbocycles. The Morgan fingerprint density at radius 2 is 1.97 bits per heavy atom. The molecule has 10 heteroatoms. The summed E-state index contributed by atoms with van der Waals surface area (Å²) in [5.74, 6) is 0.834. The molecule has 0 N–H and O–H groups in total. The number of anilines is 1. The average molecular weight is 441 g/mol. The predicted octanol–water partition coefficient (Wildman–Crippen LogP) is 3.82. The van der Waals surface area contributed by atoms with E-state index in [0.29, 0.717) is 29.2 Å². The molecule has 0 unspecified atom stereocenters. The van der Waals surface area contributed by atoms with Gasteiger partial charge in [-0.25, -0.2) is 4.98 Å². The largest absolute Gasteiger partial charge is 0.492 e. The number of amides is 1. The molecule has 2 heterocycles. The number of hydrogen-bond donors (Lipinski definition) is 0. The Hall–Kier alpha value is -2.98. The molecule has 4 rings (SSSR count). The number of carbonyl (C=O) groups excluding carboxylic acids is 1. The molecule has 0 radical (unpaired) electrons. The van der Waals surface area contributed by atoms with Gasteiger partial charge in [-0.1, -0.05) is 47.4 Å². The van der Waals surface area contributed by atoms with Gasteiger partial charge in [0.2, 0.25) is 11.1 Å². The Balaban J connectivity index is 1.51. The number of tetrazole rings is 1. The lowest BCUT2D eigenvalue weighted by Crippen LogP contribution is -2.32. The molecule has 1 amide bonds. The van der Waals surface area contributed by atoms with Gasteiger partial charge in [0.15, 0.2) is 5.13 Å². The van der Waals surface area contributed by atoms with E-state index in [4.69, 9.17) is 4.74 Å². The first-order chi connectivity index (χ1) is 14.7. The monoisotopic (exact) mass is 440 g/mol. The molecule has 2 aromatic heterocycles. The van der Waals surface area contributed by atoms with Gasteiger partial charge in [-0.2, -0.15) is 4.68 Å². The quantitative estimate of drug-likeness (QED) is 0.385. The molecule has 30 heavy (non-hydrogen) atoms. The van der Waals surface area contributed by atoms with Crippen molar-refractivity contribution >= 4 is 44.4 Å². The molecule has 0 bridgehead atoms. The summed E-state index contributed by atoms with van der Waals surface area (Å²) in [7, 11) is 0. The molecule has 0 atom stereocenters. The Morgan fingerprint density at radius 1 is 1.17 bits per heavy atom. The second-order valence-electron chi connectivity index (χ2n) is 6.16. The summed E-state index contributed by atoms with van der Waals surface area (Å²) in [6.07, 6.45) is 0. The van der Waals surface area contributed by atoms with Crippen molar-refractivity contribution in [3.63, 3.8) is 0 Å². The molecule has 4 aromatic rings. The Morgan fingerprint density at radius 3 is 2.77 bits per heavy atom. The van der Waals surface area contributed by atoms with Crippen LogP contribution in [0.25, 0.3) is 15.9 Å². The van der Waals surface area contributed by atoms with Gasteiger partial charge in [0.1, 0.15) is 11.4 Å². The molecule has 8 nitrogen and oxygen atoms in total. The third-order valence-corrected chi connectivity index (χ3v) is 6.25. The Bertz CT molecular complexity index is 1130. The van der Waals surface area contributed by atoms with Gasteiger partial charge in [0, 0.05) is 6.54 Å². The molecular weight excluding hydrogens is 420 g/mol. The normalized spacial score (nSPS) is 11.0. The molecule has 0 aliphatic heterocycles. The van der Waals surface area contributed by atoms with Crippen molar-refractivity contribution in [1.82, 2.24) is 25.2 Å². The van der Waals surface area contributed by atoms with Crippen molar-refractivity contribution in [2.45, 2.75) is 19.0 Å². The van der Waals surface area contributed by atoms with Crippen LogP contribution in [-0.4, -0.2) is 50.0 Å². The fraction of sp³-hybridized carbons (Fsp3) is 0.250. The summed E-state index contributed by atoms with van der Waals surface area (Å²) < 4.78 is 8.33. The fourth-order valence-electron chi connectivity index (χ4n) is 2.93. The van der Waals surface area contributed by atoms with Crippen molar-refractivity contribution in [1.29, 1.82) is 0 Å². The fourth-order valence-corrected chi connectivity index (χ4v) is 4.73. The first kappa shape index (κ1) is 20.3. The summed E-state index contributed by atoms with van der Waals surface area (Å²) in [6, 6.07) is 15.4.